The molecular weight excluding hydrogens is 330 g/mol. The van der Waals surface area contributed by atoms with Crippen molar-refractivity contribution in [3.8, 4) is 0 Å². The summed E-state index contributed by atoms with van der Waals surface area (Å²) in [5.41, 5.74) is 1.99. The summed E-state index contributed by atoms with van der Waals surface area (Å²) in [4.78, 5) is 11.5. The van der Waals surface area contributed by atoms with Gasteiger partial charge < -0.3 is 9.64 Å². The van der Waals surface area contributed by atoms with Crippen LogP contribution in [0.2, 0.25) is 0 Å². The van der Waals surface area contributed by atoms with Crippen LogP contribution in [0.3, 0.4) is 0 Å². The number of tetrazole rings is 1. The third-order valence-corrected chi connectivity index (χ3v) is 4.81. The van der Waals surface area contributed by atoms with Crippen molar-refractivity contribution in [2.75, 3.05) is 18.6 Å². The highest BCUT2D eigenvalue weighted by molar-refractivity contribution is 5.36. The molecule has 0 bridgehead atoms. The highest BCUT2D eigenvalue weighted by atomic mass is 16.5. The maximum atomic E-state index is 5.51. The first-order valence-electron chi connectivity index (χ1n) is 9.28. The van der Waals surface area contributed by atoms with E-state index in [9.17, 15) is 0 Å². The van der Waals surface area contributed by atoms with Gasteiger partial charge in [0.2, 0.25) is 5.95 Å². The second kappa shape index (κ2) is 7.65. The monoisotopic (exact) mass is 359 g/mol. The van der Waals surface area contributed by atoms with Gasteiger partial charge in [-0.05, 0) is 36.6 Å². The van der Waals surface area contributed by atoms with Crippen LogP contribution in [0.4, 0.5) is 5.95 Å². The lowest BCUT2D eigenvalue weighted by Crippen LogP contribution is -2.36. The highest BCUT2D eigenvalue weighted by Crippen LogP contribution is 2.23. The second-order valence-electron chi connectivity index (χ2n) is 7.96. The summed E-state index contributed by atoms with van der Waals surface area (Å²) < 4.78 is 7.32. The van der Waals surface area contributed by atoms with Crippen molar-refractivity contribution in [1.82, 2.24) is 30.2 Å². The van der Waals surface area contributed by atoms with Gasteiger partial charge in [0.1, 0.15) is 5.82 Å². The molecule has 0 fully saturated rings. The molecule has 0 amide bonds. The van der Waals surface area contributed by atoms with Crippen LogP contribution >= 0.6 is 0 Å². The van der Waals surface area contributed by atoms with Crippen LogP contribution in [0.5, 0.6) is 0 Å². The summed E-state index contributed by atoms with van der Waals surface area (Å²) in [6, 6.07) is 0. The number of ether oxygens (including phenoxy) is 1. The molecule has 0 atom stereocenters. The standard InChI is InChI=1S/C18H29N7O/c1-13(2)6-7-16-19-10-14-11-24(9-8-15(14)20-16)17-21-22-23-25(17)12-18(3,4)26-5/h10,13H,6-9,11-12H2,1-5H3. The lowest BCUT2D eigenvalue weighted by molar-refractivity contribution is 0.00527. The third-order valence-electron chi connectivity index (χ3n) is 4.81. The first kappa shape index (κ1) is 18.7. The molecule has 0 saturated carbocycles. The number of fused-ring (bicyclic) bond motifs is 1. The molecule has 26 heavy (non-hydrogen) atoms. The number of rotatable bonds is 7. The van der Waals surface area contributed by atoms with E-state index in [0.717, 1.165) is 55.4 Å². The zero-order chi connectivity index (χ0) is 18.7. The zero-order valence-electron chi connectivity index (χ0n) is 16.4. The Labute approximate surface area is 155 Å². The lowest BCUT2D eigenvalue weighted by atomic mass is 10.1. The number of hydrogen-bond donors (Lipinski definition) is 0. The Balaban J connectivity index is 1.72. The molecule has 8 heteroatoms. The van der Waals surface area contributed by atoms with E-state index in [4.69, 9.17) is 9.72 Å². The number of hydrogen-bond acceptors (Lipinski definition) is 7. The van der Waals surface area contributed by atoms with E-state index in [2.05, 4.69) is 39.3 Å². The number of nitrogens with zero attached hydrogens (tertiary/aromatic N) is 7. The first-order chi connectivity index (χ1) is 12.4. The minimum absolute atomic E-state index is 0.327. The maximum absolute atomic E-state index is 5.51. The fourth-order valence-electron chi connectivity index (χ4n) is 3.02. The molecule has 0 N–H and O–H groups in total. The van der Waals surface area contributed by atoms with Gasteiger partial charge in [0.15, 0.2) is 0 Å². The fraction of sp³-hybridized carbons (Fsp3) is 0.722. The van der Waals surface area contributed by atoms with Gasteiger partial charge in [-0.2, -0.15) is 0 Å². The predicted octanol–water partition coefficient (Wildman–Crippen LogP) is 2.04. The summed E-state index contributed by atoms with van der Waals surface area (Å²) in [7, 11) is 1.70. The van der Waals surface area contributed by atoms with E-state index in [1.165, 1.54) is 0 Å². The van der Waals surface area contributed by atoms with Gasteiger partial charge >= 0.3 is 0 Å². The van der Waals surface area contributed by atoms with Gasteiger partial charge in [0.25, 0.3) is 0 Å². The molecule has 2 aromatic heterocycles. The Hall–Kier alpha value is -2.09. The SMILES string of the molecule is COC(C)(C)Cn1nnnc1N1CCc2nc(CCC(C)C)ncc2C1. The summed E-state index contributed by atoms with van der Waals surface area (Å²) >= 11 is 0. The maximum Gasteiger partial charge on any atom is 0.245 e. The van der Waals surface area contributed by atoms with Gasteiger partial charge in [-0.3, -0.25) is 0 Å². The number of aryl methyl sites for hydroxylation is 1. The van der Waals surface area contributed by atoms with E-state index < -0.39 is 0 Å². The van der Waals surface area contributed by atoms with Crippen molar-refractivity contribution >= 4 is 5.95 Å². The molecule has 0 radical (unpaired) electrons. The van der Waals surface area contributed by atoms with Gasteiger partial charge in [0.05, 0.1) is 17.8 Å². The second-order valence-corrected chi connectivity index (χ2v) is 7.96. The minimum Gasteiger partial charge on any atom is -0.377 e. The van der Waals surface area contributed by atoms with Gasteiger partial charge in [-0.15, -0.1) is 0 Å². The average Bonchev–Trinajstić information content (AvgIpc) is 3.06. The molecule has 1 aliphatic rings. The van der Waals surface area contributed by atoms with Crippen LogP contribution in [-0.2, 0) is 30.7 Å². The molecule has 3 rings (SSSR count). The van der Waals surface area contributed by atoms with Crippen LogP contribution in [0.15, 0.2) is 6.20 Å². The van der Waals surface area contributed by atoms with Crippen molar-refractivity contribution in [3.05, 3.63) is 23.3 Å². The van der Waals surface area contributed by atoms with Crippen molar-refractivity contribution in [2.45, 2.75) is 65.6 Å². The highest BCUT2D eigenvalue weighted by Gasteiger charge is 2.26. The summed E-state index contributed by atoms with van der Waals surface area (Å²) in [6.07, 6.45) is 4.92. The smallest absolute Gasteiger partial charge is 0.245 e. The van der Waals surface area contributed by atoms with Crippen molar-refractivity contribution in [2.24, 2.45) is 5.92 Å². The van der Waals surface area contributed by atoms with E-state index in [0.29, 0.717) is 12.5 Å². The van der Waals surface area contributed by atoms with Crippen LogP contribution in [-0.4, -0.2) is 49.4 Å². The van der Waals surface area contributed by atoms with Crippen molar-refractivity contribution in [1.29, 1.82) is 0 Å². The molecule has 2 aromatic rings. The molecule has 3 heterocycles. The van der Waals surface area contributed by atoms with Crippen molar-refractivity contribution in [3.63, 3.8) is 0 Å². The first-order valence-corrected chi connectivity index (χ1v) is 9.28. The Kier molecular flexibility index (Phi) is 5.50. The average molecular weight is 359 g/mol. The van der Waals surface area contributed by atoms with Gasteiger partial charge in [-0.25, -0.2) is 14.6 Å². The van der Waals surface area contributed by atoms with Crippen LogP contribution in [0.1, 0.15) is 51.2 Å². The quantitative estimate of drug-likeness (QED) is 0.748. The number of anilines is 1. The fourth-order valence-corrected chi connectivity index (χ4v) is 3.02. The van der Waals surface area contributed by atoms with E-state index in [1.807, 2.05) is 24.7 Å². The Morgan fingerprint density at radius 2 is 2.12 bits per heavy atom. The zero-order valence-corrected chi connectivity index (χ0v) is 16.4. The van der Waals surface area contributed by atoms with Crippen LogP contribution < -0.4 is 4.90 Å². The Bertz CT molecular complexity index is 741. The number of methoxy groups -OCH3 is 1. The molecular formula is C18H29N7O. The third kappa shape index (κ3) is 4.35. The van der Waals surface area contributed by atoms with E-state index in [1.54, 1.807) is 7.11 Å². The molecule has 0 spiro atoms. The van der Waals surface area contributed by atoms with Crippen molar-refractivity contribution < 1.29 is 4.74 Å². The predicted molar refractivity (Wildman–Crippen MR) is 98.9 cm³/mol. The molecule has 0 saturated heterocycles. The molecule has 142 valence electrons. The molecule has 1 aliphatic heterocycles. The summed E-state index contributed by atoms with van der Waals surface area (Å²) in [5.74, 6) is 2.39. The summed E-state index contributed by atoms with van der Waals surface area (Å²) in [5, 5.41) is 12.2. The minimum atomic E-state index is -0.327. The van der Waals surface area contributed by atoms with E-state index >= 15 is 0 Å². The molecule has 0 aromatic carbocycles. The van der Waals surface area contributed by atoms with Crippen LogP contribution in [0, 0.1) is 5.92 Å². The largest absolute Gasteiger partial charge is 0.377 e. The molecule has 0 unspecified atom stereocenters. The van der Waals surface area contributed by atoms with Gasteiger partial charge in [-0.1, -0.05) is 18.9 Å². The Morgan fingerprint density at radius 3 is 2.85 bits per heavy atom. The van der Waals surface area contributed by atoms with Crippen LogP contribution in [0.25, 0.3) is 0 Å². The Morgan fingerprint density at radius 1 is 1.31 bits per heavy atom. The lowest BCUT2D eigenvalue weighted by Gasteiger charge is -2.30. The molecule has 0 aliphatic carbocycles. The van der Waals surface area contributed by atoms with Gasteiger partial charge in [0, 0.05) is 44.8 Å². The van der Waals surface area contributed by atoms with E-state index in [-0.39, 0.29) is 5.60 Å². The topological polar surface area (TPSA) is 81.9 Å². The summed E-state index contributed by atoms with van der Waals surface area (Å²) in [6.45, 7) is 10.7. The molecule has 8 nitrogen and oxygen atoms in total. The number of aromatic nitrogens is 6. The normalized spacial score (nSPS) is 14.8.